The molecule has 0 aliphatic carbocycles. The number of hydrogen-bond donors (Lipinski definition) is 1. The van der Waals surface area contributed by atoms with Crippen molar-refractivity contribution in [2.45, 2.75) is 32.8 Å². The van der Waals surface area contributed by atoms with Gasteiger partial charge in [-0.15, -0.1) is 0 Å². The Labute approximate surface area is 145 Å². The average molecular weight is 351 g/mol. The number of hydrogen-bond acceptors (Lipinski definition) is 5. The molecular weight excluding hydrogens is 329 g/mol. The Bertz CT molecular complexity index is 674. The molecule has 0 saturated heterocycles. The van der Waals surface area contributed by atoms with Crippen LogP contribution in [0.15, 0.2) is 41.0 Å². The van der Waals surface area contributed by atoms with Gasteiger partial charge in [-0.1, -0.05) is 12.1 Å². The Morgan fingerprint density at radius 3 is 2.36 bits per heavy atom. The summed E-state index contributed by atoms with van der Waals surface area (Å²) in [6, 6.07) is 7.79. The molecule has 1 aromatic carbocycles. The van der Waals surface area contributed by atoms with Gasteiger partial charge in [0.15, 0.2) is 5.76 Å². The summed E-state index contributed by atoms with van der Waals surface area (Å²) < 4.78 is 22.4. The summed E-state index contributed by atoms with van der Waals surface area (Å²) in [6.45, 7) is 5.92. The van der Waals surface area contributed by atoms with E-state index in [4.69, 9.17) is 4.42 Å². The lowest BCUT2D eigenvalue weighted by atomic mass is 10.1. The lowest BCUT2D eigenvalue weighted by molar-refractivity contribution is -0.138. The Morgan fingerprint density at radius 1 is 1.24 bits per heavy atom. The van der Waals surface area contributed by atoms with Crippen LogP contribution in [0.2, 0.25) is 0 Å². The molecule has 0 spiro atoms. The molecule has 2 rings (SSSR count). The minimum absolute atomic E-state index is 0.196. The van der Waals surface area contributed by atoms with Gasteiger partial charge in [-0.2, -0.15) is 0 Å². The maximum absolute atomic E-state index is 12.8. The maximum Gasteiger partial charge on any atom is 0.310 e. The summed E-state index contributed by atoms with van der Waals surface area (Å²) >= 11 is 0. The van der Waals surface area contributed by atoms with Gasteiger partial charge in [0.25, 0.3) is 6.47 Å². The smallest absolute Gasteiger partial charge is 0.310 e. The van der Waals surface area contributed by atoms with Gasteiger partial charge in [-0.25, -0.2) is 9.87 Å². The molecule has 0 unspecified atom stereocenters. The second kappa shape index (κ2) is 9.58. The first kappa shape index (κ1) is 20.4. The van der Waals surface area contributed by atoms with Crippen molar-refractivity contribution in [2.24, 2.45) is 0 Å². The van der Waals surface area contributed by atoms with E-state index in [0.717, 1.165) is 11.1 Å². The largest absolute Gasteiger partial charge is 0.462 e. The lowest BCUT2D eigenvalue weighted by Crippen LogP contribution is -2.22. The van der Waals surface area contributed by atoms with Gasteiger partial charge in [0.2, 0.25) is 0 Å². The predicted octanol–water partition coefficient (Wildman–Crippen LogP) is 3.26. The molecule has 25 heavy (non-hydrogen) atoms. The van der Waals surface area contributed by atoms with Gasteiger partial charge in [0.1, 0.15) is 11.4 Å². The second-order valence-electron chi connectivity index (χ2n) is 6.04. The standard InChI is InChI=1S/C13H12FNO3.C5H10O2/c1-17-15-13(16)12-10(6-7-18-12)8-9-2-4-11(14)5-3-9;1-5(2,3)7-4-6/h2-7H,8H2,1H3,(H,15,16);4H,1-3H3. The molecule has 1 aromatic heterocycles. The highest BCUT2D eigenvalue weighted by Gasteiger charge is 2.15. The Balaban J connectivity index is 0.000000381. The third-order valence-electron chi connectivity index (χ3n) is 2.86. The van der Waals surface area contributed by atoms with Gasteiger partial charge in [0.05, 0.1) is 13.4 Å². The fourth-order valence-corrected chi connectivity index (χ4v) is 1.78. The first-order valence-electron chi connectivity index (χ1n) is 7.52. The van der Waals surface area contributed by atoms with Crippen LogP contribution in [0.1, 0.15) is 42.5 Å². The van der Waals surface area contributed by atoms with Crippen molar-refractivity contribution in [3.63, 3.8) is 0 Å². The van der Waals surface area contributed by atoms with Crippen LogP contribution in [0.3, 0.4) is 0 Å². The normalized spacial score (nSPS) is 10.4. The molecule has 0 fully saturated rings. The van der Waals surface area contributed by atoms with Gasteiger partial charge < -0.3 is 9.15 Å². The number of hydroxylamine groups is 1. The molecule has 6 nitrogen and oxygen atoms in total. The Kier molecular flexibility index (Phi) is 7.81. The van der Waals surface area contributed by atoms with Crippen molar-refractivity contribution in [1.29, 1.82) is 0 Å². The van der Waals surface area contributed by atoms with Crippen LogP contribution in [0.4, 0.5) is 4.39 Å². The predicted molar refractivity (Wildman–Crippen MR) is 89.3 cm³/mol. The van der Waals surface area contributed by atoms with E-state index in [1.54, 1.807) is 18.2 Å². The fraction of sp³-hybridized carbons (Fsp3) is 0.333. The van der Waals surface area contributed by atoms with E-state index in [-0.39, 0.29) is 17.2 Å². The van der Waals surface area contributed by atoms with E-state index >= 15 is 0 Å². The second-order valence-corrected chi connectivity index (χ2v) is 6.04. The van der Waals surface area contributed by atoms with Crippen LogP contribution in [-0.4, -0.2) is 25.1 Å². The van der Waals surface area contributed by atoms with E-state index in [1.807, 2.05) is 20.8 Å². The number of carbonyl (C=O) groups is 2. The number of furan rings is 1. The number of ether oxygens (including phenoxy) is 1. The topological polar surface area (TPSA) is 77.8 Å². The molecule has 0 atom stereocenters. The molecule has 1 amide bonds. The van der Waals surface area contributed by atoms with Crippen LogP contribution in [0.5, 0.6) is 0 Å². The van der Waals surface area contributed by atoms with E-state index in [0.29, 0.717) is 12.9 Å². The number of amides is 1. The maximum atomic E-state index is 12.8. The van der Waals surface area contributed by atoms with Gasteiger partial charge >= 0.3 is 5.91 Å². The number of carbonyl (C=O) groups excluding carboxylic acids is 2. The molecule has 1 N–H and O–H groups in total. The fourth-order valence-electron chi connectivity index (χ4n) is 1.78. The van der Waals surface area contributed by atoms with E-state index in [9.17, 15) is 14.0 Å². The van der Waals surface area contributed by atoms with E-state index < -0.39 is 5.91 Å². The Morgan fingerprint density at radius 2 is 1.88 bits per heavy atom. The van der Waals surface area contributed by atoms with Crippen molar-refractivity contribution in [1.82, 2.24) is 5.48 Å². The first-order valence-corrected chi connectivity index (χ1v) is 7.52. The lowest BCUT2D eigenvalue weighted by Gasteiger charge is -2.14. The molecule has 0 saturated carbocycles. The summed E-state index contributed by atoms with van der Waals surface area (Å²) in [4.78, 5) is 25.7. The summed E-state index contributed by atoms with van der Waals surface area (Å²) in [6.07, 6.45) is 1.92. The van der Waals surface area contributed by atoms with Gasteiger partial charge in [-0.3, -0.25) is 14.4 Å². The van der Waals surface area contributed by atoms with Crippen molar-refractivity contribution in [2.75, 3.05) is 7.11 Å². The average Bonchev–Trinajstić information content (AvgIpc) is 2.97. The van der Waals surface area contributed by atoms with Crippen molar-refractivity contribution in [3.05, 3.63) is 59.3 Å². The zero-order chi connectivity index (χ0) is 18.9. The van der Waals surface area contributed by atoms with E-state index in [1.165, 1.54) is 25.5 Å². The van der Waals surface area contributed by atoms with Crippen LogP contribution in [0, 0.1) is 5.82 Å². The van der Waals surface area contributed by atoms with E-state index in [2.05, 4.69) is 15.1 Å². The van der Waals surface area contributed by atoms with Crippen LogP contribution >= 0.6 is 0 Å². The van der Waals surface area contributed by atoms with Crippen molar-refractivity contribution in [3.8, 4) is 0 Å². The zero-order valence-corrected chi connectivity index (χ0v) is 14.7. The molecule has 0 bridgehead atoms. The molecule has 0 aliphatic rings. The number of halogens is 1. The first-order chi connectivity index (χ1) is 11.8. The van der Waals surface area contributed by atoms with Gasteiger partial charge in [-0.05, 0) is 44.5 Å². The quantitative estimate of drug-likeness (QED) is 0.661. The molecular formula is C18H22FNO5. The third-order valence-corrected chi connectivity index (χ3v) is 2.86. The minimum atomic E-state index is -0.445. The molecule has 1 heterocycles. The monoisotopic (exact) mass is 351 g/mol. The number of rotatable bonds is 5. The summed E-state index contributed by atoms with van der Waals surface area (Å²) in [7, 11) is 1.35. The SMILES string of the molecule is CC(C)(C)OC=O.CONC(=O)c1occc1Cc1ccc(F)cc1. The number of benzene rings is 1. The molecule has 0 aliphatic heterocycles. The summed E-state index contributed by atoms with van der Waals surface area (Å²) in [5.74, 6) is -0.538. The molecule has 7 heteroatoms. The Hall–Kier alpha value is -2.67. The van der Waals surface area contributed by atoms with Crippen molar-refractivity contribution >= 4 is 12.4 Å². The van der Waals surface area contributed by atoms with Crippen LogP contribution in [0.25, 0.3) is 0 Å². The van der Waals surface area contributed by atoms with Crippen molar-refractivity contribution < 1.29 is 28.0 Å². The molecule has 136 valence electrons. The van der Waals surface area contributed by atoms with Crippen LogP contribution in [-0.2, 0) is 20.8 Å². The van der Waals surface area contributed by atoms with Crippen LogP contribution < -0.4 is 5.48 Å². The minimum Gasteiger partial charge on any atom is -0.462 e. The highest BCUT2D eigenvalue weighted by atomic mass is 19.1. The molecule has 2 aromatic rings. The summed E-state index contributed by atoms with van der Waals surface area (Å²) in [5, 5.41) is 0. The number of nitrogens with one attached hydrogen (secondary N) is 1. The highest BCUT2D eigenvalue weighted by molar-refractivity contribution is 5.92. The zero-order valence-electron chi connectivity index (χ0n) is 14.7. The highest BCUT2D eigenvalue weighted by Crippen LogP contribution is 2.16. The summed E-state index contributed by atoms with van der Waals surface area (Å²) in [5.41, 5.74) is 3.48. The molecule has 0 radical (unpaired) electrons. The third kappa shape index (κ3) is 7.63. The van der Waals surface area contributed by atoms with Gasteiger partial charge in [0, 0.05) is 12.0 Å².